The standard InChI is InChI=1S/C18H26O3.C15H16F6O3.C12H16O3.C11H14/c1-4-17(2,3)16(19)21-15-10-8-14(9-11-15)18(20)12-6-5-7-13-18;1-3-9(2)11-6-4-5-10(7-11)8-24-12(22)13(23,14(16,17)18)15(19,20)21;1-4-12(2,3)11(14)15-10-7-5-9(13)6-8-10;1-8-7-10-5-3-4-6-11(10)9(8)2/h8-11,20H,4-7,12-13H2,1-3H3;4-7,9,23H,3,8H2,1-2H3;5-8,13H,4H2,1-3H3;3-6,8-9H,7H2,1-2H3. The maximum absolute atomic E-state index is 12.5. The Balaban J connectivity index is 0.000000259. The van der Waals surface area contributed by atoms with Crippen LogP contribution in [0.1, 0.15) is 160 Å². The number of carbonyl (C=O) groups is 3. The lowest BCUT2D eigenvalue weighted by Gasteiger charge is -2.32. The highest BCUT2D eigenvalue weighted by Gasteiger charge is 2.76. The van der Waals surface area contributed by atoms with Crippen molar-refractivity contribution >= 4 is 17.9 Å². The van der Waals surface area contributed by atoms with E-state index in [1.165, 1.54) is 37.1 Å². The molecule has 0 radical (unpaired) electrons. The Hall–Kier alpha value is -5.41. The number of aromatic hydroxyl groups is 1. The largest absolute Gasteiger partial charge is 0.508 e. The van der Waals surface area contributed by atoms with Crippen molar-refractivity contribution in [1.82, 2.24) is 0 Å². The molecule has 71 heavy (non-hydrogen) atoms. The summed E-state index contributed by atoms with van der Waals surface area (Å²) in [6.45, 7) is 19.0. The van der Waals surface area contributed by atoms with E-state index in [-0.39, 0.29) is 29.2 Å². The minimum Gasteiger partial charge on any atom is -0.508 e. The second kappa shape index (κ2) is 25.3. The number of benzene rings is 4. The smallest absolute Gasteiger partial charge is 0.437 e. The first-order valence-corrected chi connectivity index (χ1v) is 24.2. The molecule has 392 valence electrons. The molecule has 1 fully saturated rings. The summed E-state index contributed by atoms with van der Waals surface area (Å²) in [6, 6.07) is 28.4. The Morgan fingerprint density at radius 2 is 1.18 bits per heavy atom. The van der Waals surface area contributed by atoms with Gasteiger partial charge in [-0.25, -0.2) is 4.79 Å². The second-order valence-corrected chi connectivity index (χ2v) is 19.9. The van der Waals surface area contributed by atoms with Gasteiger partial charge in [0.2, 0.25) is 0 Å². The summed E-state index contributed by atoms with van der Waals surface area (Å²) >= 11 is 0. The lowest BCUT2D eigenvalue weighted by Crippen LogP contribution is -2.62. The zero-order valence-corrected chi connectivity index (χ0v) is 42.6. The number of alkyl halides is 6. The molecule has 4 aromatic rings. The van der Waals surface area contributed by atoms with Crippen molar-refractivity contribution in [2.24, 2.45) is 16.7 Å². The van der Waals surface area contributed by atoms with Gasteiger partial charge in [0.1, 0.15) is 23.9 Å². The van der Waals surface area contributed by atoms with E-state index in [1.807, 2.05) is 67.5 Å². The number of hydrogen-bond donors (Lipinski definition) is 3. The SMILES string of the molecule is CC1Cc2ccccc2C1C.CCC(C)(C)C(=O)Oc1ccc(C2(O)CCCCC2)cc1.CCC(C)(C)C(=O)Oc1ccc(O)cc1.CCC(C)c1cccc(COC(=O)C(O)(C(F)(F)F)C(F)(F)F)c1. The van der Waals surface area contributed by atoms with Crippen LogP contribution >= 0.6 is 0 Å². The van der Waals surface area contributed by atoms with Gasteiger partial charge in [0.05, 0.1) is 16.4 Å². The molecule has 0 spiro atoms. The van der Waals surface area contributed by atoms with Gasteiger partial charge in [0.15, 0.2) is 0 Å². The van der Waals surface area contributed by atoms with E-state index in [2.05, 4.69) is 42.8 Å². The van der Waals surface area contributed by atoms with E-state index in [0.29, 0.717) is 11.5 Å². The van der Waals surface area contributed by atoms with Crippen molar-refractivity contribution in [3.63, 3.8) is 0 Å². The van der Waals surface area contributed by atoms with E-state index >= 15 is 0 Å². The van der Waals surface area contributed by atoms with E-state index in [0.717, 1.165) is 67.9 Å². The number of phenolic OH excluding ortho intramolecular Hbond substituents is 1. The van der Waals surface area contributed by atoms with Crippen LogP contribution in [-0.2, 0) is 37.7 Å². The Bertz CT molecular complexity index is 2300. The molecule has 2 aliphatic carbocycles. The van der Waals surface area contributed by atoms with Crippen LogP contribution in [0.25, 0.3) is 0 Å². The highest BCUT2D eigenvalue weighted by atomic mass is 19.4. The minimum atomic E-state index is -6.25. The van der Waals surface area contributed by atoms with Crippen LogP contribution in [0.2, 0.25) is 0 Å². The van der Waals surface area contributed by atoms with E-state index in [1.54, 1.807) is 47.5 Å². The number of esters is 3. The summed E-state index contributed by atoms with van der Waals surface area (Å²) in [5, 5.41) is 28.6. The first kappa shape index (κ1) is 59.9. The Morgan fingerprint density at radius 1 is 0.690 bits per heavy atom. The van der Waals surface area contributed by atoms with Gasteiger partial charge in [-0.2, -0.15) is 26.3 Å². The Kier molecular flexibility index (Phi) is 21.3. The van der Waals surface area contributed by atoms with Gasteiger partial charge >= 0.3 is 35.9 Å². The summed E-state index contributed by atoms with van der Waals surface area (Å²) < 4.78 is 89.8. The lowest BCUT2D eigenvalue weighted by molar-refractivity contribution is -0.357. The zero-order chi connectivity index (χ0) is 53.6. The van der Waals surface area contributed by atoms with Crippen molar-refractivity contribution in [3.05, 3.63) is 125 Å². The van der Waals surface area contributed by atoms with E-state index in [4.69, 9.17) is 19.7 Å². The third-order valence-electron chi connectivity index (χ3n) is 13.8. The molecule has 3 unspecified atom stereocenters. The molecule has 0 amide bonds. The maximum atomic E-state index is 12.5. The van der Waals surface area contributed by atoms with Crippen molar-refractivity contribution in [2.75, 3.05) is 0 Å². The second-order valence-electron chi connectivity index (χ2n) is 19.9. The van der Waals surface area contributed by atoms with Crippen molar-refractivity contribution in [1.29, 1.82) is 0 Å². The summed E-state index contributed by atoms with van der Waals surface area (Å²) in [4.78, 5) is 35.0. The molecular formula is C56H72F6O9. The minimum absolute atomic E-state index is 0.114. The topological polar surface area (TPSA) is 140 Å². The fraction of sp³-hybridized carbons (Fsp3) is 0.518. The average Bonchev–Trinajstić information content (AvgIpc) is 3.63. The van der Waals surface area contributed by atoms with Crippen LogP contribution in [0.15, 0.2) is 97.1 Å². The van der Waals surface area contributed by atoms with Crippen LogP contribution < -0.4 is 9.47 Å². The quantitative estimate of drug-likeness (QED) is 0.0719. The van der Waals surface area contributed by atoms with Gasteiger partial charge in [-0.3, -0.25) is 9.59 Å². The highest BCUT2D eigenvalue weighted by Crippen LogP contribution is 2.44. The van der Waals surface area contributed by atoms with E-state index < -0.39 is 47.0 Å². The van der Waals surface area contributed by atoms with Crippen LogP contribution in [0.4, 0.5) is 26.3 Å². The summed E-state index contributed by atoms with van der Waals surface area (Å²) in [6.07, 6.45) is -4.03. The van der Waals surface area contributed by atoms with Crippen LogP contribution in [0, 0.1) is 16.7 Å². The van der Waals surface area contributed by atoms with Gasteiger partial charge in [0, 0.05) is 0 Å². The van der Waals surface area contributed by atoms with Gasteiger partial charge < -0.3 is 29.5 Å². The predicted octanol–water partition coefficient (Wildman–Crippen LogP) is 14.0. The molecule has 1 saturated carbocycles. The van der Waals surface area contributed by atoms with Crippen molar-refractivity contribution < 1.29 is 70.3 Å². The maximum Gasteiger partial charge on any atom is 0.437 e. The Morgan fingerprint density at radius 3 is 1.65 bits per heavy atom. The molecule has 4 aromatic carbocycles. The third-order valence-corrected chi connectivity index (χ3v) is 13.8. The number of halogens is 6. The number of rotatable bonds is 12. The molecule has 0 saturated heterocycles. The molecule has 6 rings (SSSR count). The summed E-state index contributed by atoms with van der Waals surface area (Å²) in [5.41, 5.74) is -2.14. The zero-order valence-electron chi connectivity index (χ0n) is 42.6. The molecule has 0 aromatic heterocycles. The number of aliphatic hydroxyl groups is 2. The first-order chi connectivity index (χ1) is 33.0. The van der Waals surface area contributed by atoms with E-state index in [9.17, 15) is 45.8 Å². The molecule has 0 aliphatic heterocycles. The van der Waals surface area contributed by atoms with Crippen LogP contribution in [0.5, 0.6) is 17.2 Å². The van der Waals surface area contributed by atoms with Gasteiger partial charge in [-0.1, -0.05) is 121 Å². The fourth-order valence-corrected chi connectivity index (χ4v) is 7.42. The molecule has 0 heterocycles. The van der Waals surface area contributed by atoms with Gasteiger partial charge in [-0.15, -0.1) is 0 Å². The number of phenols is 1. The fourth-order valence-electron chi connectivity index (χ4n) is 7.42. The number of ether oxygens (including phenoxy) is 3. The molecule has 0 bridgehead atoms. The highest BCUT2D eigenvalue weighted by molar-refractivity contribution is 5.81. The molecule has 9 nitrogen and oxygen atoms in total. The molecule has 3 atom stereocenters. The third kappa shape index (κ3) is 16.3. The monoisotopic (exact) mass is 1000 g/mol. The molecule has 3 N–H and O–H groups in total. The number of hydrogen-bond acceptors (Lipinski definition) is 9. The first-order valence-electron chi connectivity index (χ1n) is 24.2. The van der Waals surface area contributed by atoms with Gasteiger partial charge in [-0.05, 0) is 148 Å². The molecule has 15 heteroatoms. The van der Waals surface area contributed by atoms with Crippen molar-refractivity contribution in [2.45, 2.75) is 169 Å². The van der Waals surface area contributed by atoms with Crippen molar-refractivity contribution in [3.8, 4) is 17.2 Å². The Labute approximate surface area is 414 Å². The average molecular weight is 1000 g/mol. The summed E-state index contributed by atoms with van der Waals surface area (Å²) in [7, 11) is 0. The van der Waals surface area contributed by atoms with Crippen LogP contribution in [0.3, 0.4) is 0 Å². The normalized spacial score (nSPS) is 17.0. The molecule has 2 aliphatic rings. The van der Waals surface area contributed by atoms with Gasteiger partial charge in [0.25, 0.3) is 0 Å². The lowest BCUT2D eigenvalue weighted by atomic mass is 9.80. The predicted molar refractivity (Wildman–Crippen MR) is 261 cm³/mol. The number of fused-ring (bicyclic) bond motifs is 1. The summed E-state index contributed by atoms with van der Waals surface area (Å²) in [5.74, 6) is -0.392. The molecular weight excluding hydrogens is 931 g/mol. The number of carbonyl (C=O) groups excluding carboxylic acids is 3. The van der Waals surface area contributed by atoms with Crippen LogP contribution in [-0.4, -0.2) is 51.2 Å².